The first-order valence-corrected chi connectivity index (χ1v) is 31.7. The van der Waals surface area contributed by atoms with Gasteiger partial charge in [-0.1, -0.05) is 227 Å². The third kappa shape index (κ3) is 21.2. The van der Waals surface area contributed by atoms with Crippen molar-refractivity contribution in [2.24, 2.45) is 18.9 Å². The molecule has 81 heavy (non-hydrogen) atoms. The van der Waals surface area contributed by atoms with E-state index in [9.17, 15) is 0 Å². The van der Waals surface area contributed by atoms with Gasteiger partial charge in [0, 0.05) is 67.4 Å². The number of nitrogens with one attached hydrogen (secondary N) is 5. The maximum Gasteiger partial charge on any atom is 0.0480 e. The van der Waals surface area contributed by atoms with Gasteiger partial charge in [0.15, 0.2) is 0 Å². The molecule has 6 aromatic carbocycles. The summed E-state index contributed by atoms with van der Waals surface area (Å²) in [6, 6.07) is 53.1. The number of hydrogen-bond acceptors (Lipinski definition) is 4. The van der Waals surface area contributed by atoms with Crippen molar-refractivity contribution >= 4 is 21.8 Å². The molecule has 6 nitrogen and oxygen atoms in total. The van der Waals surface area contributed by atoms with E-state index in [2.05, 4.69) is 251 Å². The van der Waals surface area contributed by atoms with E-state index in [1.54, 1.807) is 0 Å². The Bertz CT molecular complexity index is 2870. The second-order valence-electron chi connectivity index (χ2n) is 24.9. The predicted molar refractivity (Wildman–Crippen MR) is 351 cm³/mol. The number of aromatic nitrogens is 2. The van der Waals surface area contributed by atoms with Crippen molar-refractivity contribution in [3.8, 4) is 0 Å². The normalized spacial score (nSPS) is 14.0. The molecule has 10 rings (SSSR count). The van der Waals surface area contributed by atoms with Gasteiger partial charge in [-0.15, -0.1) is 0 Å². The van der Waals surface area contributed by atoms with Gasteiger partial charge in [-0.2, -0.15) is 0 Å². The number of benzene rings is 6. The van der Waals surface area contributed by atoms with E-state index in [1.807, 2.05) is 0 Å². The number of aromatic amines is 1. The average molecular weight is 1090 g/mol. The van der Waals surface area contributed by atoms with Gasteiger partial charge < -0.3 is 30.8 Å². The third-order valence-electron chi connectivity index (χ3n) is 17.0. The van der Waals surface area contributed by atoms with Crippen LogP contribution in [-0.4, -0.2) is 35.7 Å². The summed E-state index contributed by atoms with van der Waals surface area (Å²) >= 11 is 0. The maximum absolute atomic E-state index is 3.62. The molecule has 8 aromatic rings. The number of aryl methyl sites for hydroxylation is 1. The summed E-state index contributed by atoms with van der Waals surface area (Å²) in [4.78, 5) is 3.34. The van der Waals surface area contributed by atoms with E-state index in [0.717, 1.165) is 63.9 Å². The first kappa shape index (κ1) is 62.8. The average Bonchev–Trinajstić information content (AvgIpc) is 4.27. The van der Waals surface area contributed by atoms with Crippen LogP contribution in [0.15, 0.2) is 158 Å². The lowest BCUT2D eigenvalue weighted by molar-refractivity contribution is 0.342. The zero-order chi connectivity index (χ0) is 57.2. The van der Waals surface area contributed by atoms with Crippen LogP contribution in [0.3, 0.4) is 0 Å². The molecule has 0 radical (unpaired) electrons. The molecule has 0 atom stereocenters. The Balaban J connectivity index is 0.000000157. The van der Waals surface area contributed by atoms with E-state index in [0.29, 0.717) is 23.7 Å². The number of rotatable bonds is 22. The first-order chi connectivity index (χ1) is 39.4. The lowest BCUT2D eigenvalue weighted by Crippen LogP contribution is -2.24. The number of para-hydroxylation sites is 2. The van der Waals surface area contributed by atoms with Gasteiger partial charge >= 0.3 is 0 Å². The van der Waals surface area contributed by atoms with Crippen LogP contribution in [0.2, 0.25) is 0 Å². The largest absolute Gasteiger partial charge is 0.361 e. The highest BCUT2D eigenvalue weighted by Crippen LogP contribution is 2.26. The second-order valence-corrected chi connectivity index (χ2v) is 24.9. The zero-order valence-electron chi connectivity index (χ0n) is 51.6. The predicted octanol–water partition coefficient (Wildman–Crippen LogP) is 18.2. The first-order valence-electron chi connectivity index (χ1n) is 31.7. The quantitative estimate of drug-likeness (QED) is 0.0439. The molecule has 0 bridgehead atoms. The van der Waals surface area contributed by atoms with Gasteiger partial charge in [0.25, 0.3) is 0 Å². The van der Waals surface area contributed by atoms with Crippen molar-refractivity contribution in [3.05, 3.63) is 214 Å². The Hall–Kier alpha value is -5.76. The van der Waals surface area contributed by atoms with E-state index in [-0.39, 0.29) is 0 Å². The number of fused-ring (bicyclic) bond motifs is 2. The third-order valence-corrected chi connectivity index (χ3v) is 17.0. The molecule has 0 unspecified atom stereocenters. The van der Waals surface area contributed by atoms with Crippen LogP contribution in [0, 0.1) is 11.8 Å². The number of nitrogens with zero attached hydrogens (tertiary/aromatic N) is 1. The molecule has 0 aliphatic heterocycles. The van der Waals surface area contributed by atoms with Gasteiger partial charge in [0.05, 0.1) is 0 Å². The number of hydrogen-bond donors (Lipinski definition) is 5. The summed E-state index contributed by atoms with van der Waals surface area (Å²) in [6.45, 7) is 26.2. The Morgan fingerprint density at radius 3 is 1.17 bits per heavy atom. The molecule has 2 aliphatic rings. The van der Waals surface area contributed by atoms with Crippen LogP contribution in [-0.2, 0) is 46.1 Å². The summed E-state index contributed by atoms with van der Waals surface area (Å²) in [7, 11) is 2.12. The van der Waals surface area contributed by atoms with Gasteiger partial charge in [-0.05, 0) is 168 Å². The molecule has 434 valence electrons. The fourth-order valence-corrected chi connectivity index (χ4v) is 11.6. The standard InChI is InChI=1S/C21H26N2.C20H24N2.2C17H27N/c1-16(2)18-10-8-17(9-11-18)14-22-13-12-19-15-23(3)21-7-5-4-6-20(19)21;1-15(2)17-9-7-16(8-10-17)13-21-12-11-18-14-22-20-6-4-3-5-19(18)20;2*1-14(2)17-10-8-16(9-11-17)13-18-12-15-6-4-3-5-7-15/h4-11,15-16,22H,12-14H2,1-3H3;3-10,14-15,21-22H,11-13H2,1-2H3;2*8-11,14-15,18H,3-7,12-13H2,1-2H3. The van der Waals surface area contributed by atoms with E-state index >= 15 is 0 Å². The van der Waals surface area contributed by atoms with Crippen molar-refractivity contribution in [1.29, 1.82) is 0 Å². The Morgan fingerprint density at radius 1 is 0.407 bits per heavy atom. The molecule has 2 fully saturated rings. The maximum atomic E-state index is 3.62. The molecule has 2 aromatic heterocycles. The molecule has 0 saturated heterocycles. The fourth-order valence-electron chi connectivity index (χ4n) is 11.6. The van der Waals surface area contributed by atoms with E-state index in [1.165, 1.54) is 155 Å². The van der Waals surface area contributed by atoms with Gasteiger partial charge in [-0.25, -0.2) is 0 Å². The summed E-state index contributed by atoms with van der Waals surface area (Å²) in [5.41, 5.74) is 16.6. The van der Waals surface area contributed by atoms with E-state index < -0.39 is 0 Å². The van der Waals surface area contributed by atoms with E-state index in [4.69, 9.17) is 0 Å². The topological polar surface area (TPSA) is 68.8 Å². The van der Waals surface area contributed by atoms with Crippen molar-refractivity contribution < 1.29 is 0 Å². The second kappa shape index (κ2) is 34.0. The molecule has 2 saturated carbocycles. The summed E-state index contributed by atoms with van der Waals surface area (Å²) in [5, 5.41) is 17.1. The highest BCUT2D eigenvalue weighted by atomic mass is 14.9. The summed E-state index contributed by atoms with van der Waals surface area (Å²) in [6.07, 6.45) is 20.9. The molecule has 2 heterocycles. The molecule has 0 spiro atoms. The van der Waals surface area contributed by atoms with Crippen LogP contribution < -0.4 is 21.3 Å². The fraction of sp³-hybridized carbons (Fsp3) is 0.467. The van der Waals surface area contributed by atoms with Crippen molar-refractivity contribution in [3.63, 3.8) is 0 Å². The monoisotopic (exact) mass is 1090 g/mol. The van der Waals surface area contributed by atoms with Crippen LogP contribution in [0.1, 0.15) is 199 Å². The van der Waals surface area contributed by atoms with Crippen LogP contribution >= 0.6 is 0 Å². The SMILES string of the molecule is CC(C)c1ccc(CNCC2CCCCC2)cc1.CC(C)c1ccc(CNCC2CCCCC2)cc1.CC(C)c1ccc(CNCCc2c[nH]c3ccccc23)cc1.CC(C)c1ccc(CNCCc2cn(C)c3ccccc23)cc1. The Kier molecular flexibility index (Phi) is 26.4. The minimum Gasteiger partial charge on any atom is -0.361 e. The van der Waals surface area contributed by atoms with Crippen LogP contribution in [0.25, 0.3) is 21.8 Å². The zero-order valence-corrected chi connectivity index (χ0v) is 51.6. The highest BCUT2D eigenvalue weighted by Gasteiger charge is 2.14. The smallest absolute Gasteiger partial charge is 0.0480 e. The molecule has 2 aliphatic carbocycles. The van der Waals surface area contributed by atoms with Crippen LogP contribution in [0.4, 0.5) is 0 Å². The van der Waals surface area contributed by atoms with Gasteiger partial charge in [-0.3, -0.25) is 0 Å². The van der Waals surface area contributed by atoms with Crippen LogP contribution in [0.5, 0.6) is 0 Å². The Labute approximate surface area is 491 Å². The van der Waals surface area contributed by atoms with Crippen molar-refractivity contribution in [2.75, 3.05) is 26.2 Å². The summed E-state index contributed by atoms with van der Waals surface area (Å²) in [5.74, 6) is 4.32. The highest BCUT2D eigenvalue weighted by molar-refractivity contribution is 5.84. The number of H-pyrrole nitrogens is 1. The van der Waals surface area contributed by atoms with Crippen molar-refractivity contribution in [2.45, 2.75) is 182 Å². The van der Waals surface area contributed by atoms with Gasteiger partial charge in [0.2, 0.25) is 0 Å². The molecule has 5 N–H and O–H groups in total. The minimum absolute atomic E-state index is 0.600. The summed E-state index contributed by atoms with van der Waals surface area (Å²) < 4.78 is 2.22. The Morgan fingerprint density at radius 2 is 0.765 bits per heavy atom. The van der Waals surface area contributed by atoms with Crippen molar-refractivity contribution in [1.82, 2.24) is 30.8 Å². The molecular weight excluding hydrogens is 985 g/mol. The molecule has 0 amide bonds. The lowest BCUT2D eigenvalue weighted by atomic mass is 9.89. The molecular formula is C75H104N6. The van der Waals surface area contributed by atoms with Gasteiger partial charge in [0.1, 0.15) is 0 Å². The molecule has 6 heteroatoms. The lowest BCUT2D eigenvalue weighted by Gasteiger charge is -2.21. The minimum atomic E-state index is 0.600.